The van der Waals surface area contributed by atoms with Crippen LogP contribution < -0.4 is 0 Å². The van der Waals surface area contributed by atoms with Crippen LogP contribution in [0.5, 0.6) is 0 Å². The molecule has 0 spiro atoms. The molecule has 2 heterocycles. The zero-order valence-corrected chi connectivity index (χ0v) is 15.2. The van der Waals surface area contributed by atoms with Crippen LogP contribution in [0, 0.1) is 0 Å². The molecule has 0 fully saturated rings. The van der Waals surface area contributed by atoms with Crippen molar-refractivity contribution in [3.63, 3.8) is 0 Å². The first-order chi connectivity index (χ1) is 9.71. The van der Waals surface area contributed by atoms with Crippen molar-refractivity contribution in [3.05, 3.63) is 23.5 Å². The number of hydrogen-bond acceptors (Lipinski definition) is 6. The van der Waals surface area contributed by atoms with Crippen molar-refractivity contribution in [2.45, 2.75) is 51.9 Å². The number of rotatable bonds is 4. The highest BCUT2D eigenvalue weighted by Crippen LogP contribution is 2.40. The van der Waals surface area contributed by atoms with Crippen LogP contribution in [0.4, 0.5) is 0 Å². The Morgan fingerprint density at radius 1 is 1.14 bits per heavy atom. The third-order valence-electron chi connectivity index (χ3n) is 3.82. The summed E-state index contributed by atoms with van der Waals surface area (Å²) in [6.07, 6.45) is 3.36. The summed E-state index contributed by atoms with van der Waals surface area (Å²) in [7, 11) is -1.81. The number of aromatic nitrogens is 4. The van der Waals surface area contributed by atoms with Gasteiger partial charge in [0.15, 0.2) is 19.1 Å². The topological polar surface area (TPSA) is 60.8 Å². The molecule has 1 atom stereocenters. The summed E-state index contributed by atoms with van der Waals surface area (Å²) in [6, 6.07) is 1.79. The Hall–Kier alpha value is -1.18. The average Bonchev–Trinajstić information content (AvgIpc) is 2.87. The molecule has 5 nitrogen and oxygen atoms in total. The van der Waals surface area contributed by atoms with Gasteiger partial charge in [-0.25, -0.2) is 9.97 Å². The Morgan fingerprint density at radius 2 is 1.76 bits per heavy atom. The minimum absolute atomic E-state index is 0.0548. The molecular weight excluding hydrogens is 300 g/mol. The lowest BCUT2D eigenvalue weighted by molar-refractivity contribution is 0.201. The molecule has 7 heteroatoms. The maximum Gasteiger partial charge on any atom is 0.193 e. The first-order valence-corrected chi connectivity index (χ1v) is 10.7. The van der Waals surface area contributed by atoms with Gasteiger partial charge >= 0.3 is 0 Å². The molecule has 0 bridgehead atoms. The highest BCUT2D eigenvalue weighted by atomic mass is 32.1. The van der Waals surface area contributed by atoms with Crippen molar-refractivity contribution in [2.24, 2.45) is 0 Å². The smallest absolute Gasteiger partial charge is 0.193 e. The Kier molecular flexibility index (Phi) is 4.55. The fourth-order valence-electron chi connectivity index (χ4n) is 1.57. The summed E-state index contributed by atoms with van der Waals surface area (Å²) >= 11 is 1.50. The molecule has 0 aliphatic carbocycles. The van der Waals surface area contributed by atoms with E-state index in [1.807, 2.05) is 6.92 Å². The zero-order chi connectivity index (χ0) is 15.7. The van der Waals surface area contributed by atoms with E-state index in [1.54, 1.807) is 18.5 Å². The van der Waals surface area contributed by atoms with E-state index in [0.29, 0.717) is 5.82 Å². The highest BCUT2D eigenvalue weighted by molar-refractivity contribution is 7.14. The van der Waals surface area contributed by atoms with Crippen LogP contribution in [0.3, 0.4) is 0 Å². The minimum Gasteiger partial charge on any atom is -0.408 e. The molecule has 114 valence electrons. The molecule has 0 aliphatic heterocycles. The van der Waals surface area contributed by atoms with Gasteiger partial charge in [-0.3, -0.25) is 0 Å². The Morgan fingerprint density at radius 3 is 2.33 bits per heavy atom. The third kappa shape index (κ3) is 3.72. The summed E-state index contributed by atoms with van der Waals surface area (Å²) < 4.78 is 6.34. The first-order valence-electron chi connectivity index (χ1n) is 6.99. The highest BCUT2D eigenvalue weighted by Gasteiger charge is 2.39. The van der Waals surface area contributed by atoms with Crippen LogP contribution in [0.15, 0.2) is 18.5 Å². The molecule has 0 radical (unpaired) electrons. The summed E-state index contributed by atoms with van der Waals surface area (Å²) in [5.41, 5.74) is 0. The fraction of sp³-hybridized carbons (Fsp3) is 0.571. The van der Waals surface area contributed by atoms with Gasteiger partial charge in [0.1, 0.15) is 5.01 Å². The molecule has 2 aromatic heterocycles. The monoisotopic (exact) mass is 322 g/mol. The molecule has 1 unspecified atom stereocenters. The van der Waals surface area contributed by atoms with Crippen molar-refractivity contribution < 1.29 is 4.43 Å². The van der Waals surface area contributed by atoms with Gasteiger partial charge in [0.2, 0.25) is 0 Å². The van der Waals surface area contributed by atoms with Gasteiger partial charge in [-0.2, -0.15) is 0 Å². The summed E-state index contributed by atoms with van der Waals surface area (Å²) in [5.74, 6) is 0.612. The maximum atomic E-state index is 6.34. The molecular formula is C14H22N4OSSi. The lowest BCUT2D eigenvalue weighted by atomic mass is 10.2. The summed E-state index contributed by atoms with van der Waals surface area (Å²) in [5, 5.41) is 10.2. The zero-order valence-electron chi connectivity index (χ0n) is 13.4. The van der Waals surface area contributed by atoms with E-state index >= 15 is 0 Å². The molecule has 0 saturated carbocycles. The van der Waals surface area contributed by atoms with E-state index < -0.39 is 8.32 Å². The van der Waals surface area contributed by atoms with Crippen molar-refractivity contribution in [1.82, 2.24) is 20.2 Å². The minimum atomic E-state index is -1.81. The van der Waals surface area contributed by atoms with E-state index in [-0.39, 0.29) is 11.1 Å². The second-order valence-electron chi connectivity index (χ2n) is 6.54. The Balaban J connectivity index is 2.15. The molecule has 2 aromatic rings. The van der Waals surface area contributed by atoms with Gasteiger partial charge in [0.05, 0.1) is 6.10 Å². The van der Waals surface area contributed by atoms with E-state index in [1.165, 1.54) is 11.3 Å². The van der Waals surface area contributed by atoms with Crippen molar-refractivity contribution >= 4 is 19.7 Å². The number of hydrogen-bond donors (Lipinski definition) is 0. The molecule has 0 aromatic carbocycles. The quantitative estimate of drug-likeness (QED) is 0.794. The SMILES string of the molecule is CC(O[Si](C)(C)C(C)(C)C)c1nnc(-c2ncccn2)s1. The maximum absolute atomic E-state index is 6.34. The van der Waals surface area contributed by atoms with E-state index in [0.717, 1.165) is 10.0 Å². The number of nitrogens with zero attached hydrogens (tertiary/aromatic N) is 4. The van der Waals surface area contributed by atoms with Gasteiger partial charge in [-0.1, -0.05) is 32.1 Å². The molecule has 2 rings (SSSR count). The van der Waals surface area contributed by atoms with Gasteiger partial charge in [-0.05, 0) is 31.1 Å². The van der Waals surface area contributed by atoms with Crippen LogP contribution in [0.2, 0.25) is 18.1 Å². The van der Waals surface area contributed by atoms with Crippen LogP contribution in [0.25, 0.3) is 10.8 Å². The summed E-state index contributed by atoms with van der Waals surface area (Å²) in [4.78, 5) is 8.40. The van der Waals surface area contributed by atoms with Crippen molar-refractivity contribution in [1.29, 1.82) is 0 Å². The molecule has 0 amide bonds. The predicted molar refractivity (Wildman–Crippen MR) is 87.6 cm³/mol. The van der Waals surface area contributed by atoms with Crippen molar-refractivity contribution in [3.8, 4) is 10.8 Å². The fourth-order valence-corrected chi connectivity index (χ4v) is 3.77. The Labute approximate surface area is 131 Å². The largest absolute Gasteiger partial charge is 0.408 e. The van der Waals surface area contributed by atoms with Gasteiger partial charge in [-0.15, -0.1) is 10.2 Å². The van der Waals surface area contributed by atoms with Gasteiger partial charge in [0, 0.05) is 12.4 Å². The molecule has 0 saturated heterocycles. The lowest BCUT2D eigenvalue weighted by Crippen LogP contribution is -2.41. The van der Waals surface area contributed by atoms with E-state index in [4.69, 9.17) is 4.43 Å². The van der Waals surface area contributed by atoms with Gasteiger partial charge in [0.25, 0.3) is 0 Å². The predicted octanol–water partition coefficient (Wildman–Crippen LogP) is 4.08. The van der Waals surface area contributed by atoms with E-state index in [9.17, 15) is 0 Å². The molecule has 0 N–H and O–H groups in total. The average molecular weight is 323 g/mol. The second-order valence-corrected chi connectivity index (χ2v) is 12.3. The summed E-state index contributed by atoms with van der Waals surface area (Å²) in [6.45, 7) is 13.2. The van der Waals surface area contributed by atoms with Gasteiger partial charge < -0.3 is 4.43 Å². The van der Waals surface area contributed by atoms with Crippen LogP contribution in [-0.2, 0) is 4.43 Å². The van der Waals surface area contributed by atoms with Crippen LogP contribution in [0.1, 0.15) is 38.8 Å². The van der Waals surface area contributed by atoms with Crippen LogP contribution >= 0.6 is 11.3 Å². The third-order valence-corrected chi connectivity index (χ3v) is 9.46. The normalized spacial score (nSPS) is 14.2. The molecule has 21 heavy (non-hydrogen) atoms. The second kappa shape index (κ2) is 5.90. The lowest BCUT2D eigenvalue weighted by Gasteiger charge is -2.37. The van der Waals surface area contributed by atoms with Crippen LogP contribution in [-0.4, -0.2) is 28.5 Å². The molecule has 0 aliphatic rings. The standard InChI is InChI=1S/C14H22N4OSSi/c1-10(19-21(5,6)14(2,3)4)12-17-18-13(20-12)11-15-8-7-9-16-11/h7-10H,1-6H3. The first kappa shape index (κ1) is 16.2. The van der Waals surface area contributed by atoms with E-state index in [2.05, 4.69) is 54.0 Å². The van der Waals surface area contributed by atoms with Crippen molar-refractivity contribution in [2.75, 3.05) is 0 Å². The Bertz CT molecular complexity index is 595.